The SMILES string of the molecule is O=C1N=CC=[N+](Cc2ccccc2)C1=O. The van der Waals surface area contributed by atoms with Crippen LogP contribution in [-0.4, -0.2) is 28.8 Å². The van der Waals surface area contributed by atoms with Crippen LogP contribution in [0.2, 0.25) is 0 Å². The molecule has 0 saturated carbocycles. The summed E-state index contributed by atoms with van der Waals surface area (Å²) < 4.78 is 1.35. The second-order valence-corrected chi connectivity index (χ2v) is 3.15. The normalized spacial score (nSPS) is 15.3. The predicted octanol–water partition coefficient (Wildman–Crippen LogP) is 0.408. The topological polar surface area (TPSA) is 49.5 Å². The fraction of sp³-hybridized carbons (Fsp3) is 0.0909. The molecule has 0 bridgehead atoms. The van der Waals surface area contributed by atoms with Gasteiger partial charge < -0.3 is 0 Å². The number of hydrogen-bond acceptors (Lipinski definition) is 2. The zero-order valence-corrected chi connectivity index (χ0v) is 7.96. The maximum atomic E-state index is 11.4. The molecule has 0 fully saturated rings. The van der Waals surface area contributed by atoms with Crippen LogP contribution in [0.4, 0.5) is 0 Å². The van der Waals surface area contributed by atoms with Crippen molar-refractivity contribution in [3.05, 3.63) is 35.9 Å². The molecule has 1 aliphatic heterocycles. The summed E-state index contributed by atoms with van der Waals surface area (Å²) in [5.41, 5.74) is 0.977. The molecule has 15 heavy (non-hydrogen) atoms. The lowest BCUT2D eigenvalue weighted by Crippen LogP contribution is -2.31. The van der Waals surface area contributed by atoms with E-state index >= 15 is 0 Å². The fourth-order valence-corrected chi connectivity index (χ4v) is 1.33. The average molecular weight is 201 g/mol. The lowest BCUT2D eigenvalue weighted by atomic mass is 10.2. The van der Waals surface area contributed by atoms with E-state index in [1.165, 1.54) is 17.0 Å². The van der Waals surface area contributed by atoms with Gasteiger partial charge in [-0.15, -0.1) is 0 Å². The summed E-state index contributed by atoms with van der Waals surface area (Å²) >= 11 is 0. The van der Waals surface area contributed by atoms with Gasteiger partial charge in [0.25, 0.3) is 0 Å². The van der Waals surface area contributed by atoms with Crippen molar-refractivity contribution in [2.75, 3.05) is 0 Å². The maximum Gasteiger partial charge on any atom is 0.479 e. The van der Waals surface area contributed by atoms with Gasteiger partial charge in [-0.3, -0.25) is 4.79 Å². The van der Waals surface area contributed by atoms with Crippen molar-refractivity contribution in [3.8, 4) is 0 Å². The van der Waals surface area contributed by atoms with Gasteiger partial charge in [-0.1, -0.05) is 30.3 Å². The Morgan fingerprint density at radius 3 is 2.60 bits per heavy atom. The third-order valence-electron chi connectivity index (χ3n) is 2.08. The van der Waals surface area contributed by atoms with E-state index < -0.39 is 11.8 Å². The third-order valence-corrected chi connectivity index (χ3v) is 2.08. The summed E-state index contributed by atoms with van der Waals surface area (Å²) in [6.45, 7) is 0.400. The van der Waals surface area contributed by atoms with E-state index in [0.717, 1.165) is 5.56 Å². The Balaban J connectivity index is 2.20. The van der Waals surface area contributed by atoms with Gasteiger partial charge in [0.1, 0.15) is 0 Å². The average Bonchev–Trinajstić information content (AvgIpc) is 2.26. The van der Waals surface area contributed by atoms with Crippen molar-refractivity contribution in [1.29, 1.82) is 0 Å². The van der Waals surface area contributed by atoms with Gasteiger partial charge >= 0.3 is 11.8 Å². The number of carbonyl (C=O) groups is 2. The Hall–Kier alpha value is -2.10. The van der Waals surface area contributed by atoms with Gasteiger partial charge in [-0.2, -0.15) is 4.58 Å². The summed E-state index contributed by atoms with van der Waals surface area (Å²) in [6.07, 6.45) is 2.85. The molecule has 0 N–H and O–H groups in total. The van der Waals surface area contributed by atoms with Gasteiger partial charge in [0.15, 0.2) is 12.8 Å². The Bertz CT molecular complexity index is 461. The molecule has 0 atom stereocenters. The van der Waals surface area contributed by atoms with Crippen LogP contribution < -0.4 is 0 Å². The van der Waals surface area contributed by atoms with E-state index in [1.807, 2.05) is 30.3 Å². The van der Waals surface area contributed by atoms with E-state index in [2.05, 4.69) is 4.99 Å². The number of carbonyl (C=O) groups excluding carboxylic acids is 2. The first-order chi connectivity index (χ1) is 7.27. The van der Waals surface area contributed by atoms with E-state index in [9.17, 15) is 9.59 Å². The molecule has 0 aromatic heterocycles. The van der Waals surface area contributed by atoms with E-state index in [4.69, 9.17) is 0 Å². The lowest BCUT2D eigenvalue weighted by molar-refractivity contribution is -0.453. The molecule has 1 aromatic carbocycles. The third kappa shape index (κ3) is 2.04. The zero-order valence-electron chi connectivity index (χ0n) is 7.96. The number of nitrogens with zero attached hydrogens (tertiary/aromatic N) is 2. The molecule has 0 aliphatic carbocycles. The van der Waals surface area contributed by atoms with Crippen LogP contribution in [0, 0.1) is 0 Å². The minimum absolute atomic E-state index is 0.400. The molecular weight excluding hydrogens is 192 g/mol. The van der Waals surface area contributed by atoms with Crippen LogP contribution in [0.25, 0.3) is 0 Å². The quantitative estimate of drug-likeness (QED) is 0.514. The fourth-order valence-electron chi connectivity index (χ4n) is 1.33. The highest BCUT2D eigenvalue weighted by Gasteiger charge is 2.28. The van der Waals surface area contributed by atoms with Crippen molar-refractivity contribution >= 4 is 24.2 Å². The Labute approximate surface area is 86.6 Å². The van der Waals surface area contributed by atoms with Crippen molar-refractivity contribution in [3.63, 3.8) is 0 Å². The summed E-state index contributed by atoms with van der Waals surface area (Å²) in [5, 5.41) is 0. The van der Waals surface area contributed by atoms with Crippen molar-refractivity contribution in [2.24, 2.45) is 4.99 Å². The molecule has 0 unspecified atom stereocenters. The predicted molar refractivity (Wildman–Crippen MR) is 55.0 cm³/mol. The van der Waals surface area contributed by atoms with Crippen molar-refractivity contribution < 1.29 is 14.2 Å². The van der Waals surface area contributed by atoms with E-state index in [1.54, 1.807) is 0 Å². The number of aliphatic imine (C=N–C) groups is 1. The molecule has 74 valence electrons. The molecule has 0 spiro atoms. The molecule has 2 rings (SSSR count). The molecule has 1 aromatic rings. The van der Waals surface area contributed by atoms with E-state index in [0.29, 0.717) is 6.54 Å². The summed E-state index contributed by atoms with van der Waals surface area (Å²) in [5.74, 6) is -1.30. The lowest BCUT2D eigenvalue weighted by Gasteiger charge is -2.00. The molecule has 0 radical (unpaired) electrons. The van der Waals surface area contributed by atoms with Gasteiger partial charge in [0.05, 0.1) is 6.21 Å². The highest BCUT2D eigenvalue weighted by Crippen LogP contribution is 2.01. The van der Waals surface area contributed by atoms with Crippen molar-refractivity contribution in [1.82, 2.24) is 0 Å². The summed E-state index contributed by atoms with van der Waals surface area (Å²) in [7, 11) is 0. The molecule has 4 heteroatoms. The summed E-state index contributed by atoms with van der Waals surface area (Å²) in [4.78, 5) is 25.7. The largest absolute Gasteiger partial charge is 0.479 e. The molecule has 4 nitrogen and oxygen atoms in total. The second-order valence-electron chi connectivity index (χ2n) is 3.15. The van der Waals surface area contributed by atoms with E-state index in [-0.39, 0.29) is 0 Å². The standard InChI is InChI=1S/C11H9N2O2/c14-10-11(15)13(7-6-12-10)8-9-4-2-1-3-5-9/h1-7H,8H2/q+1. The highest BCUT2D eigenvalue weighted by atomic mass is 16.2. The summed E-state index contributed by atoms with van der Waals surface area (Å²) in [6, 6.07) is 9.48. The van der Waals surface area contributed by atoms with Gasteiger partial charge in [0.2, 0.25) is 0 Å². The maximum absolute atomic E-state index is 11.4. The Morgan fingerprint density at radius 1 is 1.13 bits per heavy atom. The van der Waals surface area contributed by atoms with Crippen LogP contribution >= 0.6 is 0 Å². The Kier molecular flexibility index (Phi) is 2.49. The van der Waals surface area contributed by atoms with Crippen molar-refractivity contribution in [2.45, 2.75) is 6.54 Å². The first-order valence-corrected chi connectivity index (χ1v) is 4.54. The second kappa shape index (κ2) is 3.96. The number of amides is 2. The number of rotatable bonds is 2. The molecule has 0 saturated heterocycles. The Morgan fingerprint density at radius 2 is 1.87 bits per heavy atom. The van der Waals surface area contributed by atoms with Gasteiger partial charge in [0, 0.05) is 5.56 Å². The first-order valence-electron chi connectivity index (χ1n) is 4.54. The van der Waals surface area contributed by atoms with Gasteiger partial charge in [-0.25, -0.2) is 9.79 Å². The molecular formula is C11H9N2O2+. The van der Waals surface area contributed by atoms with Crippen LogP contribution in [0.3, 0.4) is 0 Å². The minimum atomic E-state index is -0.714. The zero-order chi connectivity index (χ0) is 10.7. The van der Waals surface area contributed by atoms with Crippen LogP contribution in [0.5, 0.6) is 0 Å². The number of hydrogen-bond donors (Lipinski definition) is 0. The highest BCUT2D eigenvalue weighted by molar-refractivity contribution is 6.39. The monoisotopic (exact) mass is 201 g/mol. The molecule has 1 aliphatic rings. The van der Waals surface area contributed by atoms with Crippen LogP contribution in [0.15, 0.2) is 35.3 Å². The van der Waals surface area contributed by atoms with Crippen LogP contribution in [-0.2, 0) is 16.1 Å². The smallest absolute Gasteiger partial charge is 0.255 e. The van der Waals surface area contributed by atoms with Gasteiger partial charge in [-0.05, 0) is 0 Å². The molecule has 1 heterocycles. The first kappa shape index (κ1) is 9.45. The van der Waals surface area contributed by atoms with Crippen LogP contribution in [0.1, 0.15) is 5.56 Å². The minimum Gasteiger partial charge on any atom is -0.255 e. The molecule has 2 amide bonds. The number of benzene rings is 1.